The van der Waals surface area contributed by atoms with Gasteiger partial charge in [0.15, 0.2) is 5.69 Å². The second kappa shape index (κ2) is 6.41. The van der Waals surface area contributed by atoms with Crippen molar-refractivity contribution in [2.24, 2.45) is 0 Å². The number of aromatic nitrogens is 2. The lowest BCUT2D eigenvalue weighted by Gasteiger charge is -2.11. The Hall–Kier alpha value is -2.95. The fourth-order valence-electron chi connectivity index (χ4n) is 2.30. The molecule has 3 aromatic rings. The maximum atomic E-state index is 12.9. The van der Waals surface area contributed by atoms with Crippen molar-refractivity contribution in [3.63, 3.8) is 0 Å². The largest absolute Gasteiger partial charge is 0.417 e. The van der Waals surface area contributed by atoms with Gasteiger partial charge in [0, 0.05) is 27.7 Å². The van der Waals surface area contributed by atoms with Crippen LogP contribution in [0, 0.1) is 10.1 Å². The summed E-state index contributed by atoms with van der Waals surface area (Å²) in [6.45, 7) is 0. The summed E-state index contributed by atoms with van der Waals surface area (Å²) in [5.41, 5.74) is -1.06. The van der Waals surface area contributed by atoms with Crippen LogP contribution < -0.4 is 5.32 Å². The van der Waals surface area contributed by atoms with E-state index in [4.69, 9.17) is 0 Å². The van der Waals surface area contributed by atoms with E-state index in [2.05, 4.69) is 31.4 Å². The molecule has 0 aliphatic rings. The van der Waals surface area contributed by atoms with Crippen molar-refractivity contribution in [1.29, 1.82) is 0 Å². The molecule has 0 saturated heterocycles. The van der Waals surface area contributed by atoms with Crippen LogP contribution >= 0.6 is 15.9 Å². The van der Waals surface area contributed by atoms with E-state index >= 15 is 0 Å². The molecule has 0 radical (unpaired) electrons. The van der Waals surface area contributed by atoms with E-state index < -0.39 is 22.6 Å². The average Bonchev–Trinajstić information content (AvgIpc) is 2.98. The number of rotatable bonds is 3. The average molecular weight is 429 g/mol. The number of non-ortho nitro benzene ring substituents is 1. The van der Waals surface area contributed by atoms with Gasteiger partial charge < -0.3 is 5.32 Å². The lowest BCUT2D eigenvalue weighted by atomic mass is 10.1. The number of hydrogen-bond acceptors (Lipinski definition) is 4. The molecule has 26 heavy (non-hydrogen) atoms. The lowest BCUT2D eigenvalue weighted by molar-refractivity contribution is -0.384. The number of anilines is 1. The van der Waals surface area contributed by atoms with Crippen LogP contribution in [0.4, 0.5) is 24.5 Å². The molecule has 0 aliphatic heterocycles. The first-order chi connectivity index (χ1) is 12.2. The van der Waals surface area contributed by atoms with Crippen molar-refractivity contribution in [2.75, 3.05) is 5.32 Å². The van der Waals surface area contributed by atoms with Crippen LogP contribution in [-0.4, -0.2) is 21.0 Å². The quantitative estimate of drug-likeness (QED) is 0.473. The van der Waals surface area contributed by atoms with Gasteiger partial charge in [-0.15, -0.1) is 0 Å². The number of fused-ring (bicyclic) bond motifs is 1. The van der Waals surface area contributed by atoms with Gasteiger partial charge in [-0.1, -0.05) is 15.9 Å². The molecule has 1 amide bonds. The highest BCUT2D eigenvalue weighted by Gasteiger charge is 2.33. The van der Waals surface area contributed by atoms with Crippen LogP contribution in [0.2, 0.25) is 0 Å². The molecular formula is C15H8BrF3N4O3. The molecule has 0 atom stereocenters. The number of hydrogen-bond donors (Lipinski definition) is 2. The SMILES string of the molecule is O=C(Nc1ccc(Br)c(C(F)(F)F)c1)c1n[nH]c2ccc([N+](=O)[O-])cc12. The van der Waals surface area contributed by atoms with Crippen molar-refractivity contribution < 1.29 is 22.9 Å². The molecular weight excluding hydrogens is 421 g/mol. The van der Waals surface area contributed by atoms with Crippen molar-refractivity contribution in [1.82, 2.24) is 10.2 Å². The Labute approximate surface area is 151 Å². The fourth-order valence-corrected chi connectivity index (χ4v) is 2.77. The smallest absolute Gasteiger partial charge is 0.321 e. The Kier molecular flexibility index (Phi) is 4.40. The number of benzene rings is 2. The molecule has 2 aromatic carbocycles. The standard InChI is InChI=1S/C15H8BrF3N4O3/c16-11-3-1-7(5-10(11)15(17,18)19)20-14(24)13-9-6-8(23(25)26)2-4-12(9)21-22-13/h1-6H,(H,20,24)(H,21,22). The minimum Gasteiger partial charge on any atom is -0.321 e. The summed E-state index contributed by atoms with van der Waals surface area (Å²) in [5.74, 6) is -0.799. The van der Waals surface area contributed by atoms with Crippen LogP contribution in [0.25, 0.3) is 10.9 Å². The van der Waals surface area contributed by atoms with Gasteiger partial charge in [0.25, 0.3) is 11.6 Å². The zero-order valence-corrected chi connectivity index (χ0v) is 14.2. The second-order valence-corrected chi connectivity index (χ2v) is 6.06. The van der Waals surface area contributed by atoms with Crippen LogP contribution in [-0.2, 0) is 6.18 Å². The Morgan fingerprint density at radius 2 is 1.96 bits per heavy atom. The van der Waals surface area contributed by atoms with E-state index in [0.29, 0.717) is 5.52 Å². The van der Waals surface area contributed by atoms with Crippen LogP contribution in [0.5, 0.6) is 0 Å². The van der Waals surface area contributed by atoms with E-state index in [1.165, 1.54) is 18.2 Å². The summed E-state index contributed by atoms with van der Waals surface area (Å²) in [7, 11) is 0. The highest BCUT2D eigenvalue weighted by molar-refractivity contribution is 9.10. The van der Waals surface area contributed by atoms with Gasteiger partial charge in [0.1, 0.15) is 0 Å². The first kappa shape index (κ1) is 17.9. The van der Waals surface area contributed by atoms with Gasteiger partial charge >= 0.3 is 6.18 Å². The van der Waals surface area contributed by atoms with Crippen molar-refractivity contribution in [3.8, 4) is 0 Å². The summed E-state index contributed by atoms with van der Waals surface area (Å²) >= 11 is 2.81. The Morgan fingerprint density at radius 1 is 1.23 bits per heavy atom. The van der Waals surface area contributed by atoms with E-state index in [9.17, 15) is 28.1 Å². The molecule has 0 unspecified atom stereocenters. The number of nitrogens with zero attached hydrogens (tertiary/aromatic N) is 2. The predicted molar refractivity (Wildman–Crippen MR) is 89.8 cm³/mol. The summed E-state index contributed by atoms with van der Waals surface area (Å²) in [5, 5.41) is 19.7. The second-order valence-electron chi connectivity index (χ2n) is 5.21. The first-order valence-corrected chi connectivity index (χ1v) is 7.77. The highest BCUT2D eigenvalue weighted by atomic mass is 79.9. The minimum absolute atomic E-state index is 0.0906. The molecule has 0 spiro atoms. The molecule has 0 fully saturated rings. The minimum atomic E-state index is -4.60. The number of alkyl halides is 3. The zero-order chi connectivity index (χ0) is 19.1. The van der Waals surface area contributed by atoms with Gasteiger partial charge in [-0.3, -0.25) is 20.0 Å². The number of halogens is 4. The summed E-state index contributed by atoms with van der Waals surface area (Å²) in [6, 6.07) is 7.02. The van der Waals surface area contributed by atoms with Crippen LogP contribution in [0.15, 0.2) is 40.9 Å². The van der Waals surface area contributed by atoms with Gasteiger partial charge in [0.2, 0.25) is 0 Å². The van der Waals surface area contributed by atoms with Crippen molar-refractivity contribution >= 4 is 44.1 Å². The van der Waals surface area contributed by atoms with Gasteiger partial charge in [-0.25, -0.2) is 0 Å². The van der Waals surface area contributed by atoms with E-state index in [-0.39, 0.29) is 26.9 Å². The molecule has 1 heterocycles. The topological polar surface area (TPSA) is 101 Å². The number of nitrogens with one attached hydrogen (secondary N) is 2. The molecule has 134 valence electrons. The van der Waals surface area contributed by atoms with E-state index in [0.717, 1.165) is 18.2 Å². The van der Waals surface area contributed by atoms with E-state index in [1.807, 2.05) is 0 Å². The highest BCUT2D eigenvalue weighted by Crippen LogP contribution is 2.36. The first-order valence-electron chi connectivity index (χ1n) is 6.97. The number of amides is 1. The summed E-state index contributed by atoms with van der Waals surface area (Å²) < 4.78 is 38.7. The van der Waals surface area contributed by atoms with Crippen molar-refractivity contribution in [3.05, 3.63) is 62.2 Å². The zero-order valence-electron chi connectivity index (χ0n) is 12.6. The molecule has 1 aromatic heterocycles. The molecule has 3 rings (SSSR count). The maximum absolute atomic E-state index is 12.9. The van der Waals surface area contributed by atoms with Crippen molar-refractivity contribution in [2.45, 2.75) is 6.18 Å². The molecule has 0 aliphatic carbocycles. The molecule has 0 bridgehead atoms. The number of nitro benzene ring substituents is 1. The third kappa shape index (κ3) is 3.38. The third-order valence-corrected chi connectivity index (χ3v) is 4.19. The lowest BCUT2D eigenvalue weighted by Crippen LogP contribution is -2.14. The molecule has 7 nitrogen and oxygen atoms in total. The fraction of sp³-hybridized carbons (Fsp3) is 0.0667. The monoisotopic (exact) mass is 428 g/mol. The molecule has 0 saturated carbocycles. The van der Waals surface area contributed by atoms with Gasteiger partial charge in [-0.05, 0) is 24.3 Å². The number of nitro groups is 1. The number of carbonyl (C=O) groups is 1. The Bertz CT molecular complexity index is 1030. The maximum Gasteiger partial charge on any atom is 0.417 e. The Balaban J connectivity index is 1.95. The number of carbonyl (C=O) groups excluding carboxylic acids is 1. The third-order valence-electron chi connectivity index (χ3n) is 3.50. The number of H-pyrrole nitrogens is 1. The van der Waals surface area contributed by atoms with Gasteiger partial charge in [0.05, 0.1) is 16.0 Å². The van der Waals surface area contributed by atoms with Crippen LogP contribution in [0.3, 0.4) is 0 Å². The van der Waals surface area contributed by atoms with E-state index in [1.54, 1.807) is 0 Å². The molecule has 11 heteroatoms. The Morgan fingerprint density at radius 3 is 2.62 bits per heavy atom. The summed E-state index contributed by atoms with van der Waals surface area (Å²) in [4.78, 5) is 22.6. The van der Waals surface area contributed by atoms with Crippen LogP contribution in [0.1, 0.15) is 16.1 Å². The summed E-state index contributed by atoms with van der Waals surface area (Å²) in [6.07, 6.45) is -4.60. The predicted octanol–water partition coefficient (Wildman–Crippen LogP) is 4.50. The van der Waals surface area contributed by atoms with Gasteiger partial charge in [-0.2, -0.15) is 18.3 Å². The molecule has 2 N–H and O–H groups in total. The number of aromatic amines is 1. The normalized spacial score (nSPS) is 11.5.